The van der Waals surface area contributed by atoms with Crippen LogP contribution < -0.4 is 0 Å². The van der Waals surface area contributed by atoms with Gasteiger partial charge in [0.25, 0.3) is 0 Å². The molecular weight excluding hydrogens is 248 g/mol. The average Bonchev–Trinajstić information content (AvgIpc) is 2.26. The summed E-state index contributed by atoms with van der Waals surface area (Å²) in [7, 11) is 0. The normalized spacial score (nSPS) is 14.8. The first-order valence-electron chi connectivity index (χ1n) is 4.93. The fourth-order valence-corrected chi connectivity index (χ4v) is 2.32. The number of hydrogen-bond donors (Lipinski definition) is 3. The monoisotopic (exact) mass is 262 g/mol. The van der Waals surface area contributed by atoms with Gasteiger partial charge in [-0.1, -0.05) is 17.7 Å². The molecule has 3 N–H and O–H groups in total. The molecule has 0 aromatic heterocycles. The van der Waals surface area contributed by atoms with E-state index in [1.165, 1.54) is 11.8 Å². The number of rotatable bonds is 5. The van der Waals surface area contributed by atoms with Crippen molar-refractivity contribution in [1.29, 1.82) is 0 Å². The summed E-state index contributed by atoms with van der Waals surface area (Å²) < 4.78 is 0. The van der Waals surface area contributed by atoms with Crippen molar-refractivity contribution < 1.29 is 15.3 Å². The van der Waals surface area contributed by atoms with Gasteiger partial charge < -0.3 is 15.3 Å². The lowest BCUT2D eigenvalue weighted by Gasteiger charge is -2.10. The van der Waals surface area contributed by atoms with E-state index in [2.05, 4.69) is 0 Å². The zero-order valence-corrected chi connectivity index (χ0v) is 10.5. The van der Waals surface area contributed by atoms with E-state index in [0.29, 0.717) is 10.8 Å². The Balaban J connectivity index is 2.68. The van der Waals surface area contributed by atoms with E-state index in [-0.39, 0.29) is 6.61 Å². The van der Waals surface area contributed by atoms with E-state index in [9.17, 15) is 10.2 Å². The van der Waals surface area contributed by atoms with Gasteiger partial charge in [-0.2, -0.15) is 0 Å². The SMILES string of the molecule is CC(O)c1ccc(SCC(O)CO)c(Cl)c1. The molecule has 0 aliphatic rings. The van der Waals surface area contributed by atoms with Crippen molar-refractivity contribution in [3.8, 4) is 0 Å². The zero-order valence-electron chi connectivity index (χ0n) is 8.93. The Morgan fingerprint density at radius 1 is 1.38 bits per heavy atom. The van der Waals surface area contributed by atoms with Gasteiger partial charge in [0.2, 0.25) is 0 Å². The molecule has 2 atom stereocenters. The molecular formula is C11H15ClO3S. The van der Waals surface area contributed by atoms with Gasteiger partial charge in [0, 0.05) is 10.6 Å². The topological polar surface area (TPSA) is 60.7 Å². The second-order valence-electron chi connectivity index (χ2n) is 3.51. The smallest absolute Gasteiger partial charge is 0.0864 e. The highest BCUT2D eigenvalue weighted by molar-refractivity contribution is 7.99. The first-order valence-corrected chi connectivity index (χ1v) is 6.30. The Morgan fingerprint density at radius 2 is 2.06 bits per heavy atom. The van der Waals surface area contributed by atoms with Crippen LogP contribution in [0.4, 0.5) is 0 Å². The number of halogens is 1. The van der Waals surface area contributed by atoms with E-state index in [1.807, 2.05) is 0 Å². The van der Waals surface area contributed by atoms with Crippen LogP contribution >= 0.6 is 23.4 Å². The molecule has 0 saturated heterocycles. The van der Waals surface area contributed by atoms with Gasteiger partial charge in [0.15, 0.2) is 0 Å². The largest absolute Gasteiger partial charge is 0.394 e. The maximum absolute atomic E-state index is 9.36. The third-order valence-corrected chi connectivity index (χ3v) is 3.72. The molecule has 0 aliphatic carbocycles. The Labute approximate surface area is 104 Å². The summed E-state index contributed by atoms with van der Waals surface area (Å²) in [5.74, 6) is 0.393. The number of benzene rings is 1. The van der Waals surface area contributed by atoms with Crippen LogP contribution in [0.5, 0.6) is 0 Å². The predicted octanol–water partition coefficient (Wildman–Crippen LogP) is 1.84. The molecule has 0 saturated carbocycles. The Morgan fingerprint density at radius 3 is 2.56 bits per heavy atom. The number of aliphatic hydroxyl groups is 3. The van der Waals surface area contributed by atoms with Gasteiger partial charge in [0.05, 0.1) is 23.8 Å². The van der Waals surface area contributed by atoms with E-state index in [1.54, 1.807) is 25.1 Å². The van der Waals surface area contributed by atoms with Crippen LogP contribution in [0, 0.1) is 0 Å². The lowest BCUT2D eigenvalue weighted by Crippen LogP contribution is -2.14. The van der Waals surface area contributed by atoms with E-state index < -0.39 is 12.2 Å². The summed E-state index contributed by atoms with van der Waals surface area (Å²) in [6, 6.07) is 5.31. The summed E-state index contributed by atoms with van der Waals surface area (Å²) >= 11 is 7.40. The van der Waals surface area contributed by atoms with Gasteiger partial charge in [-0.05, 0) is 24.6 Å². The average molecular weight is 263 g/mol. The number of aliphatic hydroxyl groups excluding tert-OH is 3. The minimum Gasteiger partial charge on any atom is -0.394 e. The summed E-state index contributed by atoms with van der Waals surface area (Å²) in [4.78, 5) is 0.832. The second-order valence-corrected chi connectivity index (χ2v) is 4.98. The van der Waals surface area contributed by atoms with Crippen LogP contribution in [0.1, 0.15) is 18.6 Å². The fourth-order valence-electron chi connectivity index (χ4n) is 1.13. The molecule has 0 spiro atoms. The lowest BCUT2D eigenvalue weighted by molar-refractivity contribution is 0.113. The van der Waals surface area contributed by atoms with E-state index in [0.717, 1.165) is 10.5 Å². The molecule has 3 nitrogen and oxygen atoms in total. The van der Waals surface area contributed by atoms with Crippen LogP contribution in [0.2, 0.25) is 5.02 Å². The highest BCUT2D eigenvalue weighted by Crippen LogP contribution is 2.30. The van der Waals surface area contributed by atoms with Gasteiger partial charge in [-0.25, -0.2) is 0 Å². The first kappa shape index (κ1) is 13.8. The minimum atomic E-state index is -0.738. The molecule has 1 aromatic rings. The fraction of sp³-hybridized carbons (Fsp3) is 0.455. The molecule has 0 bridgehead atoms. The molecule has 0 amide bonds. The van der Waals surface area contributed by atoms with Gasteiger partial charge in [0.1, 0.15) is 0 Å². The molecule has 0 fully saturated rings. The quantitative estimate of drug-likeness (QED) is 0.709. The number of hydrogen-bond acceptors (Lipinski definition) is 4. The molecule has 90 valence electrons. The Bertz CT molecular complexity index is 344. The zero-order chi connectivity index (χ0) is 12.1. The van der Waals surface area contributed by atoms with Crippen LogP contribution in [0.3, 0.4) is 0 Å². The second kappa shape index (κ2) is 6.47. The summed E-state index contributed by atoms with van der Waals surface area (Å²) in [5.41, 5.74) is 0.761. The molecule has 1 aromatic carbocycles. The highest BCUT2D eigenvalue weighted by atomic mass is 35.5. The van der Waals surface area contributed by atoms with Gasteiger partial charge >= 0.3 is 0 Å². The maximum atomic E-state index is 9.36. The van der Waals surface area contributed by atoms with Crippen molar-refractivity contribution in [1.82, 2.24) is 0 Å². The first-order chi connectivity index (χ1) is 7.54. The Hall–Kier alpha value is -0.260. The lowest BCUT2D eigenvalue weighted by atomic mass is 10.1. The third-order valence-electron chi connectivity index (χ3n) is 2.08. The maximum Gasteiger partial charge on any atom is 0.0864 e. The van der Waals surface area contributed by atoms with Crippen LogP contribution in [0.25, 0.3) is 0 Å². The minimum absolute atomic E-state index is 0.254. The van der Waals surface area contributed by atoms with Crippen molar-refractivity contribution in [3.05, 3.63) is 28.8 Å². The van der Waals surface area contributed by atoms with Gasteiger partial charge in [-0.15, -0.1) is 11.8 Å². The molecule has 1 rings (SSSR count). The molecule has 0 heterocycles. The van der Waals surface area contributed by atoms with Crippen molar-refractivity contribution in [3.63, 3.8) is 0 Å². The van der Waals surface area contributed by atoms with Crippen LogP contribution in [-0.2, 0) is 0 Å². The third kappa shape index (κ3) is 3.96. The summed E-state index contributed by atoms with van der Waals surface area (Å²) in [6.45, 7) is 1.42. The van der Waals surface area contributed by atoms with Crippen molar-refractivity contribution in [2.24, 2.45) is 0 Å². The Kier molecular flexibility index (Phi) is 5.58. The van der Waals surface area contributed by atoms with Crippen LogP contribution in [0.15, 0.2) is 23.1 Å². The molecule has 16 heavy (non-hydrogen) atoms. The standard InChI is InChI=1S/C11H15ClO3S/c1-7(14)8-2-3-11(10(12)4-8)16-6-9(15)5-13/h2-4,7,9,13-15H,5-6H2,1H3. The molecule has 0 radical (unpaired) electrons. The predicted molar refractivity (Wildman–Crippen MR) is 65.9 cm³/mol. The van der Waals surface area contributed by atoms with Gasteiger partial charge in [-0.3, -0.25) is 0 Å². The molecule has 0 aliphatic heterocycles. The number of thioether (sulfide) groups is 1. The summed E-state index contributed by atoms with van der Waals surface area (Å²) in [5, 5.41) is 27.8. The summed E-state index contributed by atoms with van der Waals surface area (Å²) in [6.07, 6.45) is -1.28. The van der Waals surface area contributed by atoms with Crippen LogP contribution in [-0.4, -0.2) is 33.8 Å². The van der Waals surface area contributed by atoms with Crippen molar-refractivity contribution in [2.45, 2.75) is 24.0 Å². The van der Waals surface area contributed by atoms with E-state index in [4.69, 9.17) is 16.7 Å². The highest BCUT2D eigenvalue weighted by Gasteiger charge is 2.08. The van der Waals surface area contributed by atoms with E-state index >= 15 is 0 Å². The molecule has 5 heteroatoms. The van der Waals surface area contributed by atoms with Crippen molar-refractivity contribution in [2.75, 3.05) is 12.4 Å². The molecule has 2 unspecified atom stereocenters. The van der Waals surface area contributed by atoms with Crippen molar-refractivity contribution >= 4 is 23.4 Å².